The van der Waals surface area contributed by atoms with Crippen LogP contribution in [0, 0.1) is 0 Å². The zero-order valence-electron chi connectivity index (χ0n) is 11.9. The highest BCUT2D eigenvalue weighted by Crippen LogP contribution is 2.24. The molecule has 0 radical (unpaired) electrons. The van der Waals surface area contributed by atoms with Crippen molar-refractivity contribution < 1.29 is 29.2 Å². The molecule has 1 rings (SSSR count). The van der Waals surface area contributed by atoms with Gasteiger partial charge in [-0.05, 0) is 18.2 Å². The lowest BCUT2D eigenvalue weighted by molar-refractivity contribution is -0.00446. The third-order valence-electron chi connectivity index (χ3n) is 2.61. The third kappa shape index (κ3) is 5.75. The number of benzene rings is 1. The van der Waals surface area contributed by atoms with Gasteiger partial charge in [-0.3, -0.25) is 0 Å². The van der Waals surface area contributed by atoms with Crippen molar-refractivity contribution in [2.24, 2.45) is 0 Å². The first-order valence-electron chi connectivity index (χ1n) is 6.36. The van der Waals surface area contributed by atoms with Crippen molar-refractivity contribution in [2.75, 3.05) is 40.6 Å². The summed E-state index contributed by atoms with van der Waals surface area (Å²) < 4.78 is 20.6. The minimum absolute atomic E-state index is 0.0896. The van der Waals surface area contributed by atoms with Crippen LogP contribution in [0.3, 0.4) is 0 Å². The molecule has 0 spiro atoms. The van der Waals surface area contributed by atoms with Crippen LogP contribution < -0.4 is 9.47 Å². The smallest absolute Gasteiger partial charge is 0.125 e. The van der Waals surface area contributed by atoms with Gasteiger partial charge in [-0.1, -0.05) is 0 Å². The minimum Gasteiger partial charge on any atom is -0.497 e. The Balaban J connectivity index is 2.40. The van der Waals surface area contributed by atoms with Gasteiger partial charge in [0, 0.05) is 12.7 Å². The van der Waals surface area contributed by atoms with Crippen molar-refractivity contribution in [3.8, 4) is 11.5 Å². The van der Waals surface area contributed by atoms with Crippen molar-refractivity contribution in [1.82, 2.24) is 0 Å². The summed E-state index contributed by atoms with van der Waals surface area (Å²) in [4.78, 5) is 0. The van der Waals surface area contributed by atoms with Gasteiger partial charge in [-0.25, -0.2) is 0 Å². The molecule has 6 nitrogen and oxygen atoms in total. The van der Waals surface area contributed by atoms with E-state index in [9.17, 15) is 10.2 Å². The fraction of sp³-hybridized carbons (Fsp3) is 0.571. The number of aliphatic hydroxyl groups excluding tert-OH is 2. The Bertz CT molecular complexity index is 382. The van der Waals surface area contributed by atoms with Crippen LogP contribution in [0.25, 0.3) is 0 Å². The second kappa shape index (κ2) is 9.55. The van der Waals surface area contributed by atoms with Gasteiger partial charge in [0.1, 0.15) is 24.2 Å². The molecule has 0 saturated heterocycles. The number of rotatable bonds is 10. The molecule has 0 bridgehead atoms. The molecule has 6 heteroatoms. The second-order valence-electron chi connectivity index (χ2n) is 4.16. The number of aliphatic hydroxyl groups is 2. The van der Waals surface area contributed by atoms with Gasteiger partial charge in [0.2, 0.25) is 0 Å². The summed E-state index contributed by atoms with van der Waals surface area (Å²) in [7, 11) is 3.14. The van der Waals surface area contributed by atoms with Gasteiger partial charge in [0.25, 0.3) is 0 Å². The Labute approximate surface area is 118 Å². The predicted octanol–water partition coefficient (Wildman–Crippen LogP) is 0.590. The lowest BCUT2D eigenvalue weighted by atomic mass is 10.2. The fourth-order valence-electron chi connectivity index (χ4n) is 1.54. The van der Waals surface area contributed by atoms with E-state index in [2.05, 4.69) is 0 Å². The summed E-state index contributed by atoms with van der Waals surface area (Å²) in [6, 6.07) is 5.12. The summed E-state index contributed by atoms with van der Waals surface area (Å²) in [6.45, 7) is 1.02. The first-order valence-corrected chi connectivity index (χ1v) is 6.36. The van der Waals surface area contributed by atoms with Crippen LogP contribution in [-0.2, 0) is 16.1 Å². The highest BCUT2D eigenvalue weighted by atomic mass is 16.5. The zero-order valence-corrected chi connectivity index (χ0v) is 11.9. The van der Waals surface area contributed by atoms with E-state index in [4.69, 9.17) is 18.9 Å². The van der Waals surface area contributed by atoms with Crippen molar-refractivity contribution in [3.63, 3.8) is 0 Å². The molecule has 0 aliphatic heterocycles. The number of methoxy groups -OCH3 is 2. The molecule has 1 aromatic rings. The molecule has 0 aliphatic rings. The number of hydrogen-bond acceptors (Lipinski definition) is 6. The molecule has 2 N–H and O–H groups in total. The predicted molar refractivity (Wildman–Crippen MR) is 73.1 cm³/mol. The average Bonchev–Trinajstić information content (AvgIpc) is 2.49. The van der Waals surface area contributed by atoms with E-state index in [0.717, 1.165) is 0 Å². The molecular formula is C14H22O6. The molecule has 0 amide bonds. The average molecular weight is 286 g/mol. The summed E-state index contributed by atoms with van der Waals surface area (Å²) >= 11 is 0. The van der Waals surface area contributed by atoms with Crippen LogP contribution in [0.15, 0.2) is 18.2 Å². The van der Waals surface area contributed by atoms with Crippen molar-refractivity contribution >= 4 is 0 Å². The minimum atomic E-state index is -0.736. The second-order valence-corrected chi connectivity index (χ2v) is 4.16. The maximum Gasteiger partial charge on any atom is 0.125 e. The fourth-order valence-corrected chi connectivity index (χ4v) is 1.54. The summed E-state index contributed by atoms with van der Waals surface area (Å²) in [5.74, 6) is 1.16. The number of ether oxygens (including phenoxy) is 4. The molecule has 0 aliphatic carbocycles. The molecule has 1 aromatic carbocycles. The molecule has 1 atom stereocenters. The summed E-state index contributed by atoms with van der Waals surface area (Å²) in [6.07, 6.45) is -0.736. The van der Waals surface area contributed by atoms with Crippen LogP contribution in [0.5, 0.6) is 11.5 Å². The molecule has 20 heavy (non-hydrogen) atoms. The highest BCUT2D eigenvalue weighted by Gasteiger charge is 2.09. The Morgan fingerprint density at radius 1 is 1.15 bits per heavy atom. The summed E-state index contributed by atoms with van der Waals surface area (Å²) in [5.41, 5.74) is 0.608. The van der Waals surface area contributed by atoms with E-state index in [0.29, 0.717) is 30.3 Å². The summed E-state index contributed by atoms with van der Waals surface area (Å²) in [5, 5.41) is 19.0. The first kappa shape index (κ1) is 16.7. The number of hydrogen-bond donors (Lipinski definition) is 2. The molecule has 114 valence electrons. The van der Waals surface area contributed by atoms with E-state index < -0.39 is 6.10 Å². The maximum atomic E-state index is 9.70. The van der Waals surface area contributed by atoms with Gasteiger partial charge in [0.05, 0.1) is 33.5 Å². The molecule has 0 saturated carbocycles. The van der Waals surface area contributed by atoms with Crippen molar-refractivity contribution in [1.29, 1.82) is 0 Å². The third-order valence-corrected chi connectivity index (χ3v) is 2.61. The maximum absolute atomic E-state index is 9.70. The Hall–Kier alpha value is -1.34. The van der Waals surface area contributed by atoms with Gasteiger partial charge in [-0.15, -0.1) is 0 Å². The molecule has 0 fully saturated rings. The standard InChI is InChI=1S/C14H22O6/c1-17-5-6-19-9-12(16)10-20-14-4-3-13(18-2)7-11(14)8-15/h3-4,7,12,15-16H,5-6,8-10H2,1-2H3. The van der Waals surface area contributed by atoms with E-state index in [1.54, 1.807) is 32.4 Å². The Morgan fingerprint density at radius 2 is 1.95 bits per heavy atom. The Morgan fingerprint density at radius 3 is 2.60 bits per heavy atom. The Kier molecular flexibility index (Phi) is 7.98. The molecule has 1 unspecified atom stereocenters. The van der Waals surface area contributed by atoms with Crippen LogP contribution >= 0.6 is 0 Å². The van der Waals surface area contributed by atoms with E-state index in [-0.39, 0.29) is 19.8 Å². The van der Waals surface area contributed by atoms with Crippen LogP contribution in [0.1, 0.15) is 5.56 Å². The van der Waals surface area contributed by atoms with Gasteiger partial charge in [0.15, 0.2) is 0 Å². The van der Waals surface area contributed by atoms with Gasteiger partial charge >= 0.3 is 0 Å². The van der Waals surface area contributed by atoms with Gasteiger partial charge < -0.3 is 29.2 Å². The van der Waals surface area contributed by atoms with Gasteiger partial charge in [-0.2, -0.15) is 0 Å². The topological polar surface area (TPSA) is 77.4 Å². The van der Waals surface area contributed by atoms with E-state index in [1.807, 2.05) is 0 Å². The van der Waals surface area contributed by atoms with Crippen molar-refractivity contribution in [3.05, 3.63) is 23.8 Å². The van der Waals surface area contributed by atoms with Crippen molar-refractivity contribution in [2.45, 2.75) is 12.7 Å². The SMILES string of the molecule is COCCOCC(O)COc1ccc(OC)cc1CO. The van der Waals surface area contributed by atoms with E-state index in [1.165, 1.54) is 0 Å². The molecule has 0 aromatic heterocycles. The van der Waals surface area contributed by atoms with Crippen LogP contribution in [0.4, 0.5) is 0 Å². The molecular weight excluding hydrogens is 264 g/mol. The first-order chi connectivity index (χ1) is 9.71. The van der Waals surface area contributed by atoms with Crippen LogP contribution in [0.2, 0.25) is 0 Å². The van der Waals surface area contributed by atoms with E-state index >= 15 is 0 Å². The van der Waals surface area contributed by atoms with Crippen LogP contribution in [-0.4, -0.2) is 57.0 Å². The lowest BCUT2D eigenvalue weighted by Gasteiger charge is -2.15. The zero-order chi connectivity index (χ0) is 14.8. The highest BCUT2D eigenvalue weighted by molar-refractivity contribution is 5.39. The largest absolute Gasteiger partial charge is 0.497 e. The quantitative estimate of drug-likeness (QED) is 0.613. The monoisotopic (exact) mass is 286 g/mol. The normalized spacial score (nSPS) is 12.2. The lowest BCUT2D eigenvalue weighted by Crippen LogP contribution is -2.24. The molecule has 0 heterocycles.